The van der Waals surface area contributed by atoms with Crippen molar-refractivity contribution in [3.8, 4) is 0 Å². The molecule has 1 N–H and O–H groups in total. The van der Waals surface area contributed by atoms with Gasteiger partial charge in [-0.3, -0.25) is 4.57 Å². The summed E-state index contributed by atoms with van der Waals surface area (Å²) in [6, 6.07) is 29.6. The van der Waals surface area contributed by atoms with Crippen LogP contribution < -0.4 is 0 Å². The number of aliphatic hydroxyl groups excluding tert-OH is 1. The van der Waals surface area contributed by atoms with Crippen molar-refractivity contribution in [1.29, 1.82) is 0 Å². The summed E-state index contributed by atoms with van der Waals surface area (Å²) in [4.78, 5) is 0. The Morgan fingerprint density at radius 3 is 2.08 bits per heavy atom. The number of fused-ring (bicyclic) bond motifs is 1. The molecule has 0 amide bonds. The van der Waals surface area contributed by atoms with Crippen LogP contribution in [0.1, 0.15) is 68.5 Å². The van der Waals surface area contributed by atoms with Gasteiger partial charge in [-0.1, -0.05) is 104 Å². The molecule has 5 rings (SSSR count). The molecular weight excluding hydrogens is 465 g/mol. The Kier molecular flexibility index (Phi) is 7.25. The number of benzene rings is 3. The Bertz CT molecular complexity index is 1180. The van der Waals surface area contributed by atoms with Gasteiger partial charge >= 0.3 is 0 Å². The smallest absolute Gasteiger partial charge is 0.283 e. The number of hydrogen-bond acceptors (Lipinski definition) is 3. The lowest BCUT2D eigenvalue weighted by Gasteiger charge is -2.58. The van der Waals surface area contributed by atoms with Gasteiger partial charge in [-0.05, 0) is 49.3 Å². The normalized spacial score (nSPS) is 29.7. The molecule has 36 heavy (non-hydrogen) atoms. The maximum absolute atomic E-state index is 15.6. The summed E-state index contributed by atoms with van der Waals surface area (Å²) in [7, 11) is -3.60. The Morgan fingerprint density at radius 2 is 1.47 bits per heavy atom. The minimum atomic E-state index is -3.60. The molecule has 3 aromatic rings. The molecular formula is C31H38NO3P. The van der Waals surface area contributed by atoms with Crippen molar-refractivity contribution < 1.29 is 14.2 Å². The zero-order valence-corrected chi connectivity index (χ0v) is 22.4. The van der Waals surface area contributed by atoms with Crippen LogP contribution in [0, 0.1) is 11.8 Å². The Balaban J connectivity index is 1.67. The van der Waals surface area contributed by atoms with Crippen LogP contribution >= 0.6 is 7.52 Å². The maximum atomic E-state index is 15.6. The van der Waals surface area contributed by atoms with Gasteiger partial charge in [0.2, 0.25) is 0 Å². The molecule has 1 aliphatic heterocycles. The highest BCUT2D eigenvalue weighted by atomic mass is 31.2. The second-order valence-corrected chi connectivity index (χ2v) is 13.5. The highest BCUT2D eigenvalue weighted by Gasteiger charge is 2.59. The minimum Gasteiger partial charge on any atom is -0.387 e. The van der Waals surface area contributed by atoms with Crippen molar-refractivity contribution in [3.63, 3.8) is 0 Å². The van der Waals surface area contributed by atoms with E-state index in [2.05, 4.69) is 37.6 Å². The molecule has 2 aliphatic rings. The first-order valence-corrected chi connectivity index (χ1v) is 14.8. The van der Waals surface area contributed by atoms with E-state index in [1.807, 2.05) is 78.9 Å². The third-order valence-corrected chi connectivity index (χ3v) is 11.5. The molecule has 0 spiro atoms. The Morgan fingerprint density at radius 1 is 0.917 bits per heavy atom. The lowest BCUT2D eigenvalue weighted by atomic mass is 9.71. The van der Waals surface area contributed by atoms with Crippen molar-refractivity contribution in [1.82, 2.24) is 4.67 Å². The lowest BCUT2D eigenvalue weighted by Crippen LogP contribution is -2.58. The minimum absolute atomic E-state index is 0.0872. The summed E-state index contributed by atoms with van der Waals surface area (Å²) in [6.07, 6.45) is 2.06. The fraction of sp³-hybridized carbons (Fsp3) is 0.419. The molecule has 0 unspecified atom stereocenters. The zero-order chi connectivity index (χ0) is 25.3. The molecule has 3 aromatic carbocycles. The molecule has 190 valence electrons. The first kappa shape index (κ1) is 25.4. The summed E-state index contributed by atoms with van der Waals surface area (Å²) in [5.74, 6) is 0.815. The fourth-order valence-corrected chi connectivity index (χ4v) is 9.83. The molecule has 6 atom stereocenters. The van der Waals surface area contributed by atoms with Gasteiger partial charge in [-0.2, -0.15) is 0 Å². The van der Waals surface area contributed by atoms with E-state index in [9.17, 15) is 5.11 Å². The highest BCUT2D eigenvalue weighted by molar-refractivity contribution is 7.57. The van der Waals surface area contributed by atoms with E-state index in [1.165, 1.54) is 0 Å². The average Bonchev–Trinajstić information content (AvgIpc) is 2.88. The van der Waals surface area contributed by atoms with Crippen molar-refractivity contribution in [2.75, 3.05) is 0 Å². The van der Waals surface area contributed by atoms with Gasteiger partial charge < -0.3 is 9.63 Å². The van der Waals surface area contributed by atoms with Crippen LogP contribution in [0.15, 0.2) is 91.0 Å². The van der Waals surface area contributed by atoms with Crippen LogP contribution in [0.3, 0.4) is 0 Å². The van der Waals surface area contributed by atoms with Crippen LogP contribution in [0.4, 0.5) is 0 Å². The molecule has 0 aromatic heterocycles. The summed E-state index contributed by atoms with van der Waals surface area (Å²) in [5.41, 5.74) is 1.62. The first-order valence-electron chi connectivity index (χ1n) is 13.2. The monoisotopic (exact) mass is 503 g/mol. The zero-order valence-electron chi connectivity index (χ0n) is 21.5. The molecule has 4 nitrogen and oxygen atoms in total. The quantitative estimate of drug-likeness (QED) is 0.349. The number of hydrogen-bond donors (Lipinski definition) is 1. The predicted octanol–water partition coefficient (Wildman–Crippen LogP) is 7.77. The molecule has 1 heterocycles. The Labute approximate surface area is 215 Å². The number of aliphatic hydroxyl groups is 1. The van der Waals surface area contributed by atoms with Crippen molar-refractivity contribution in [3.05, 3.63) is 108 Å². The van der Waals surface area contributed by atoms with E-state index in [4.69, 9.17) is 4.52 Å². The van der Waals surface area contributed by atoms with Crippen molar-refractivity contribution >= 4 is 7.52 Å². The molecule has 2 fully saturated rings. The highest BCUT2D eigenvalue weighted by Crippen LogP contribution is 2.73. The van der Waals surface area contributed by atoms with Gasteiger partial charge in [0.15, 0.2) is 0 Å². The van der Waals surface area contributed by atoms with Gasteiger partial charge in [-0.15, -0.1) is 0 Å². The van der Waals surface area contributed by atoms with Crippen LogP contribution in [-0.4, -0.2) is 21.4 Å². The molecule has 1 saturated heterocycles. The van der Waals surface area contributed by atoms with Crippen LogP contribution in [0.25, 0.3) is 0 Å². The second-order valence-electron chi connectivity index (χ2n) is 11.1. The van der Waals surface area contributed by atoms with E-state index in [-0.39, 0.29) is 17.6 Å². The number of nitrogens with zero attached hydrogens (tertiary/aromatic N) is 1. The summed E-state index contributed by atoms with van der Waals surface area (Å²) >= 11 is 0. The average molecular weight is 504 g/mol. The van der Waals surface area contributed by atoms with Gasteiger partial charge in [0.1, 0.15) is 5.66 Å². The maximum Gasteiger partial charge on any atom is 0.283 e. The van der Waals surface area contributed by atoms with E-state index in [0.29, 0.717) is 12.5 Å². The summed E-state index contributed by atoms with van der Waals surface area (Å²) in [5, 5.41) is 11.9. The van der Waals surface area contributed by atoms with E-state index in [1.54, 1.807) is 0 Å². The van der Waals surface area contributed by atoms with E-state index >= 15 is 4.57 Å². The molecule has 5 heteroatoms. The predicted molar refractivity (Wildman–Crippen MR) is 146 cm³/mol. The van der Waals surface area contributed by atoms with Crippen molar-refractivity contribution in [2.24, 2.45) is 11.8 Å². The molecule has 1 saturated carbocycles. The van der Waals surface area contributed by atoms with E-state index in [0.717, 1.165) is 36.0 Å². The summed E-state index contributed by atoms with van der Waals surface area (Å²) in [6.45, 7) is 7.24. The fourth-order valence-electron chi connectivity index (χ4n) is 6.36. The van der Waals surface area contributed by atoms with Crippen LogP contribution in [-0.2, 0) is 15.6 Å². The van der Waals surface area contributed by atoms with Crippen molar-refractivity contribution in [2.45, 2.75) is 70.0 Å². The Hall–Kier alpha value is -2.23. The summed E-state index contributed by atoms with van der Waals surface area (Å²) < 4.78 is 24.6. The third-order valence-electron chi connectivity index (χ3n) is 8.36. The van der Waals surface area contributed by atoms with Gasteiger partial charge in [0, 0.05) is 18.0 Å². The molecule has 0 bridgehead atoms. The topological polar surface area (TPSA) is 49.8 Å². The van der Waals surface area contributed by atoms with Gasteiger partial charge in [0.25, 0.3) is 7.52 Å². The standard InChI is InChI=1S/C31H38NO3P/c1-23-19-20-27-28(21-23)35-36(34,32(31(27,2)3)22-24-13-7-4-8-14-24)30(26-17-11-6-12-18-26)29(33)25-15-9-5-10-16-25/h4-18,23,27-30,33H,19-22H2,1-3H3/t23-,27-,28-,29-,30+,36+/m1/s1. The SMILES string of the molecule is C[C@@H]1CC[C@@H]2[C@@H](C1)O[P@@](=O)([C@@H](c1ccccc1)[C@H](O)c1ccccc1)N(Cc1ccccc1)C2(C)C. The van der Waals surface area contributed by atoms with Gasteiger partial charge in [-0.25, -0.2) is 4.67 Å². The van der Waals surface area contributed by atoms with Crippen LogP contribution in [0.5, 0.6) is 0 Å². The molecule has 1 aliphatic carbocycles. The largest absolute Gasteiger partial charge is 0.387 e. The third kappa shape index (κ3) is 4.73. The van der Waals surface area contributed by atoms with Crippen LogP contribution in [0.2, 0.25) is 0 Å². The second kappa shape index (κ2) is 10.3. The lowest BCUT2D eigenvalue weighted by molar-refractivity contribution is -0.0553. The van der Waals surface area contributed by atoms with E-state index < -0.39 is 19.3 Å². The molecule has 0 radical (unpaired) electrons. The first-order chi connectivity index (χ1) is 17.3. The number of rotatable bonds is 6. The van der Waals surface area contributed by atoms with Gasteiger partial charge in [0.05, 0.1) is 12.2 Å².